The van der Waals surface area contributed by atoms with Crippen LogP contribution >= 0.6 is 0 Å². The Morgan fingerprint density at radius 3 is 2.65 bits per heavy atom. The lowest BCUT2D eigenvalue weighted by molar-refractivity contribution is -0.137. The summed E-state index contributed by atoms with van der Waals surface area (Å²) in [7, 11) is 0. The number of carbonyl (C=O) groups is 1. The van der Waals surface area contributed by atoms with Crippen LogP contribution in [-0.2, 0) is 9.53 Å². The van der Waals surface area contributed by atoms with E-state index in [4.69, 9.17) is 9.84 Å². The van der Waals surface area contributed by atoms with Crippen molar-refractivity contribution < 1.29 is 14.6 Å². The maximum Gasteiger partial charge on any atom is 0.303 e. The Bertz CT molecular complexity index is 432. The molecule has 1 aliphatic heterocycles. The van der Waals surface area contributed by atoms with Crippen LogP contribution in [0.25, 0.3) is 0 Å². The topological polar surface area (TPSA) is 49.8 Å². The fraction of sp³-hybridized carbons (Fsp3) is 0.550. The second-order valence-electron chi connectivity index (χ2n) is 5.83. The van der Waals surface area contributed by atoms with Crippen LogP contribution in [0.1, 0.15) is 58.3 Å². The Labute approximate surface area is 140 Å². The summed E-state index contributed by atoms with van der Waals surface area (Å²) >= 11 is 0. The monoisotopic (exact) mass is 318 g/mol. The quantitative estimate of drug-likeness (QED) is 0.220. The molecule has 0 amide bonds. The van der Waals surface area contributed by atoms with Crippen LogP contribution < -0.4 is 0 Å². The molecule has 2 atom stereocenters. The molecular formula is C20H30O3. The van der Waals surface area contributed by atoms with Gasteiger partial charge in [-0.15, -0.1) is 0 Å². The number of carboxylic acids is 1. The van der Waals surface area contributed by atoms with Gasteiger partial charge < -0.3 is 9.84 Å². The fourth-order valence-electron chi connectivity index (χ4n) is 2.28. The second kappa shape index (κ2) is 12.9. The summed E-state index contributed by atoms with van der Waals surface area (Å²) in [5.74, 6) is -0.733. The lowest BCUT2D eigenvalue weighted by atomic mass is 10.1. The highest BCUT2D eigenvalue weighted by atomic mass is 16.6. The van der Waals surface area contributed by atoms with Gasteiger partial charge in [0.15, 0.2) is 0 Å². The zero-order valence-electron chi connectivity index (χ0n) is 14.2. The van der Waals surface area contributed by atoms with Crippen molar-refractivity contribution in [3.8, 4) is 0 Å². The highest BCUT2D eigenvalue weighted by Crippen LogP contribution is 2.28. The van der Waals surface area contributed by atoms with Crippen LogP contribution in [0.2, 0.25) is 0 Å². The molecule has 0 aromatic heterocycles. The summed E-state index contributed by atoms with van der Waals surface area (Å²) in [4.78, 5) is 10.4. The van der Waals surface area contributed by atoms with E-state index in [0.29, 0.717) is 6.42 Å². The minimum atomic E-state index is -0.733. The van der Waals surface area contributed by atoms with Gasteiger partial charge in [0.25, 0.3) is 0 Å². The van der Waals surface area contributed by atoms with E-state index < -0.39 is 5.97 Å². The zero-order chi connectivity index (χ0) is 16.8. The molecule has 0 bridgehead atoms. The summed E-state index contributed by atoms with van der Waals surface area (Å²) in [6, 6.07) is 0. The largest absolute Gasteiger partial charge is 0.481 e. The molecule has 1 fully saturated rings. The molecule has 2 unspecified atom stereocenters. The molecule has 0 aliphatic carbocycles. The zero-order valence-corrected chi connectivity index (χ0v) is 14.2. The molecule has 1 heterocycles. The molecule has 128 valence electrons. The molecule has 1 N–H and O–H groups in total. The van der Waals surface area contributed by atoms with E-state index in [1.54, 1.807) is 0 Å². The van der Waals surface area contributed by atoms with Crippen molar-refractivity contribution in [1.82, 2.24) is 0 Å². The van der Waals surface area contributed by atoms with Gasteiger partial charge in [0, 0.05) is 6.42 Å². The van der Waals surface area contributed by atoms with Crippen molar-refractivity contribution in [2.24, 2.45) is 0 Å². The third-order valence-corrected chi connectivity index (χ3v) is 3.68. The first-order valence-electron chi connectivity index (χ1n) is 8.76. The average Bonchev–Trinajstić information content (AvgIpc) is 3.26. The number of ether oxygens (including phenoxy) is 1. The van der Waals surface area contributed by atoms with E-state index in [0.717, 1.165) is 12.8 Å². The number of aliphatic carboxylic acids is 1. The van der Waals surface area contributed by atoms with Crippen molar-refractivity contribution in [3.63, 3.8) is 0 Å². The van der Waals surface area contributed by atoms with Crippen molar-refractivity contribution in [2.45, 2.75) is 70.5 Å². The SMILES string of the molecule is CCCCC/C=C\C\C=C/C=C/C=C/C1OC1CCCC(=O)O. The van der Waals surface area contributed by atoms with Crippen molar-refractivity contribution in [2.75, 3.05) is 0 Å². The molecule has 0 aromatic rings. The maximum atomic E-state index is 10.4. The lowest BCUT2D eigenvalue weighted by Gasteiger charge is -1.91. The van der Waals surface area contributed by atoms with Crippen LogP contribution in [-0.4, -0.2) is 23.3 Å². The van der Waals surface area contributed by atoms with Gasteiger partial charge in [-0.1, -0.05) is 68.4 Å². The first-order chi connectivity index (χ1) is 11.2. The lowest BCUT2D eigenvalue weighted by Crippen LogP contribution is -1.97. The average molecular weight is 318 g/mol. The molecule has 0 spiro atoms. The number of epoxide rings is 1. The van der Waals surface area contributed by atoms with Gasteiger partial charge in [0.05, 0.1) is 6.10 Å². The number of rotatable bonds is 13. The van der Waals surface area contributed by atoms with Gasteiger partial charge in [-0.2, -0.15) is 0 Å². The number of hydrogen-bond acceptors (Lipinski definition) is 2. The van der Waals surface area contributed by atoms with Gasteiger partial charge in [0.2, 0.25) is 0 Å². The first kappa shape index (κ1) is 19.4. The predicted octanol–water partition coefficient (Wildman–Crippen LogP) is 5.20. The molecule has 3 nitrogen and oxygen atoms in total. The molecule has 3 heteroatoms. The molecule has 23 heavy (non-hydrogen) atoms. The van der Waals surface area contributed by atoms with Gasteiger partial charge in [-0.3, -0.25) is 4.79 Å². The normalized spacial score (nSPS) is 21.3. The van der Waals surface area contributed by atoms with E-state index in [1.165, 1.54) is 25.7 Å². The first-order valence-corrected chi connectivity index (χ1v) is 8.76. The van der Waals surface area contributed by atoms with E-state index in [9.17, 15) is 4.79 Å². The second-order valence-corrected chi connectivity index (χ2v) is 5.83. The molecule has 1 aliphatic rings. The van der Waals surface area contributed by atoms with E-state index >= 15 is 0 Å². The Balaban J connectivity index is 1.99. The molecular weight excluding hydrogens is 288 g/mol. The van der Waals surface area contributed by atoms with Crippen molar-refractivity contribution in [3.05, 3.63) is 48.6 Å². The van der Waals surface area contributed by atoms with E-state index in [2.05, 4.69) is 31.2 Å². The van der Waals surface area contributed by atoms with Gasteiger partial charge in [0.1, 0.15) is 6.10 Å². The van der Waals surface area contributed by atoms with Crippen LogP contribution in [0.15, 0.2) is 48.6 Å². The van der Waals surface area contributed by atoms with E-state index in [1.807, 2.05) is 24.3 Å². The van der Waals surface area contributed by atoms with Crippen molar-refractivity contribution in [1.29, 1.82) is 0 Å². The number of carboxylic acid groups (broad SMARTS) is 1. The maximum absolute atomic E-state index is 10.4. The van der Waals surface area contributed by atoms with Crippen LogP contribution in [0.4, 0.5) is 0 Å². The summed E-state index contributed by atoms with van der Waals surface area (Å²) in [6.45, 7) is 2.22. The summed E-state index contributed by atoms with van der Waals surface area (Å²) in [5.41, 5.74) is 0. The molecule has 1 saturated heterocycles. The molecule has 1 rings (SSSR count). The molecule has 0 saturated carbocycles. The highest BCUT2D eigenvalue weighted by Gasteiger charge is 2.35. The highest BCUT2D eigenvalue weighted by molar-refractivity contribution is 5.66. The molecule has 0 radical (unpaired) electrons. The Morgan fingerprint density at radius 2 is 1.87 bits per heavy atom. The summed E-state index contributed by atoms with van der Waals surface area (Å²) in [6.07, 6.45) is 24.9. The van der Waals surface area contributed by atoms with Crippen LogP contribution in [0.5, 0.6) is 0 Å². The van der Waals surface area contributed by atoms with Crippen LogP contribution in [0.3, 0.4) is 0 Å². The Hall–Kier alpha value is -1.61. The summed E-state index contributed by atoms with van der Waals surface area (Å²) < 4.78 is 5.46. The fourth-order valence-corrected chi connectivity index (χ4v) is 2.28. The smallest absolute Gasteiger partial charge is 0.303 e. The number of allylic oxidation sites excluding steroid dienone is 7. The number of hydrogen-bond donors (Lipinski definition) is 1. The van der Waals surface area contributed by atoms with E-state index in [-0.39, 0.29) is 18.6 Å². The van der Waals surface area contributed by atoms with Crippen molar-refractivity contribution >= 4 is 5.97 Å². The summed E-state index contributed by atoms with van der Waals surface area (Å²) in [5, 5.41) is 8.56. The molecule has 0 aromatic carbocycles. The van der Waals surface area contributed by atoms with Gasteiger partial charge >= 0.3 is 5.97 Å². The third kappa shape index (κ3) is 11.6. The Kier molecular flexibility index (Phi) is 10.9. The van der Waals surface area contributed by atoms with Crippen LogP contribution in [0, 0.1) is 0 Å². The van der Waals surface area contributed by atoms with Gasteiger partial charge in [-0.05, 0) is 32.1 Å². The van der Waals surface area contributed by atoms with Gasteiger partial charge in [-0.25, -0.2) is 0 Å². The standard InChI is InChI=1S/C20H30O3/c1-2-3-4-5-6-7-8-9-10-11-12-13-15-18-19(23-18)16-14-17-20(21)22/h6-7,9-13,15,18-19H,2-5,8,14,16-17H2,1H3,(H,21,22)/b7-6-,10-9-,12-11+,15-13+. The third-order valence-electron chi connectivity index (χ3n) is 3.68. The number of unbranched alkanes of at least 4 members (excludes halogenated alkanes) is 3. The minimum absolute atomic E-state index is 0.170. The predicted molar refractivity (Wildman–Crippen MR) is 95.5 cm³/mol. The Morgan fingerprint density at radius 1 is 1.04 bits per heavy atom. The minimum Gasteiger partial charge on any atom is -0.481 e.